The number of hydrogen-bond acceptors (Lipinski definition) is 4. The zero-order valence-electron chi connectivity index (χ0n) is 18.1. The molecule has 1 aliphatic heterocycles. The molecule has 0 radical (unpaired) electrons. The minimum atomic E-state index is -0.326. The molecule has 3 aromatic carbocycles. The van der Waals surface area contributed by atoms with E-state index in [0.717, 1.165) is 23.1 Å². The number of rotatable bonds is 9. The number of carbonyl (C=O) groups excluding carboxylic acids is 1. The van der Waals surface area contributed by atoms with E-state index in [2.05, 4.69) is 0 Å². The standard InChI is InChI=1S/C27H29NO4/c29-27(32-20-24-14-8-3-9-15-24)28-17-26(31-19-23-12-6-2-7-13-23)16-25(28)21-30-18-22-10-4-1-5-11-22/h1-15,25-26H,16-21H2/t25-,26-/m1/s1. The van der Waals surface area contributed by atoms with Gasteiger partial charge in [-0.25, -0.2) is 4.79 Å². The molecule has 32 heavy (non-hydrogen) atoms. The molecule has 0 spiro atoms. The molecule has 1 aliphatic rings. The molecule has 5 heteroatoms. The van der Waals surface area contributed by atoms with Gasteiger partial charge in [0, 0.05) is 0 Å². The van der Waals surface area contributed by atoms with Gasteiger partial charge in [0.05, 0.1) is 38.5 Å². The first-order valence-corrected chi connectivity index (χ1v) is 11.0. The van der Waals surface area contributed by atoms with E-state index in [4.69, 9.17) is 14.2 Å². The van der Waals surface area contributed by atoms with Gasteiger partial charge in [-0.2, -0.15) is 0 Å². The second-order valence-electron chi connectivity index (χ2n) is 8.00. The van der Waals surface area contributed by atoms with Gasteiger partial charge >= 0.3 is 6.09 Å². The first kappa shape index (κ1) is 22.1. The summed E-state index contributed by atoms with van der Waals surface area (Å²) in [6.07, 6.45) is 0.347. The van der Waals surface area contributed by atoms with Crippen LogP contribution in [0.3, 0.4) is 0 Å². The van der Waals surface area contributed by atoms with Crippen molar-refractivity contribution in [3.05, 3.63) is 108 Å². The maximum atomic E-state index is 12.9. The predicted molar refractivity (Wildman–Crippen MR) is 123 cm³/mol. The fourth-order valence-electron chi connectivity index (χ4n) is 3.85. The lowest BCUT2D eigenvalue weighted by Crippen LogP contribution is -2.39. The minimum absolute atomic E-state index is 0.0511. The van der Waals surface area contributed by atoms with Gasteiger partial charge in [-0.15, -0.1) is 0 Å². The largest absolute Gasteiger partial charge is 0.445 e. The topological polar surface area (TPSA) is 48.0 Å². The summed E-state index contributed by atoms with van der Waals surface area (Å²) in [5.41, 5.74) is 3.20. The van der Waals surface area contributed by atoms with Crippen LogP contribution >= 0.6 is 0 Å². The summed E-state index contributed by atoms with van der Waals surface area (Å²) < 4.78 is 17.7. The Kier molecular flexibility index (Phi) is 7.90. The lowest BCUT2D eigenvalue weighted by Gasteiger charge is -2.23. The van der Waals surface area contributed by atoms with E-state index in [0.29, 0.717) is 26.4 Å². The molecule has 3 aromatic rings. The second-order valence-corrected chi connectivity index (χ2v) is 8.00. The first-order valence-electron chi connectivity index (χ1n) is 11.0. The smallest absolute Gasteiger partial charge is 0.410 e. The molecule has 166 valence electrons. The van der Waals surface area contributed by atoms with E-state index in [1.807, 2.05) is 91.0 Å². The van der Waals surface area contributed by atoms with Gasteiger partial charge in [-0.3, -0.25) is 0 Å². The maximum absolute atomic E-state index is 12.9. The van der Waals surface area contributed by atoms with E-state index in [1.165, 1.54) is 0 Å². The molecule has 1 heterocycles. The number of nitrogens with zero attached hydrogens (tertiary/aromatic N) is 1. The Morgan fingerprint density at radius 3 is 1.88 bits per heavy atom. The van der Waals surface area contributed by atoms with Crippen LogP contribution in [0.15, 0.2) is 91.0 Å². The van der Waals surface area contributed by atoms with Crippen LogP contribution in [0.25, 0.3) is 0 Å². The first-order chi connectivity index (χ1) is 15.8. The van der Waals surface area contributed by atoms with Crippen molar-refractivity contribution in [1.82, 2.24) is 4.90 Å². The normalized spacial score (nSPS) is 17.9. The van der Waals surface area contributed by atoms with Crippen molar-refractivity contribution in [2.75, 3.05) is 13.2 Å². The monoisotopic (exact) mass is 431 g/mol. The van der Waals surface area contributed by atoms with Gasteiger partial charge < -0.3 is 19.1 Å². The molecule has 1 fully saturated rings. The van der Waals surface area contributed by atoms with Crippen molar-refractivity contribution in [1.29, 1.82) is 0 Å². The van der Waals surface area contributed by atoms with Crippen LogP contribution in [0.1, 0.15) is 23.1 Å². The highest BCUT2D eigenvalue weighted by molar-refractivity contribution is 5.68. The Hall–Kier alpha value is -3.15. The molecule has 5 nitrogen and oxygen atoms in total. The Balaban J connectivity index is 1.34. The summed E-state index contributed by atoms with van der Waals surface area (Å²) in [7, 11) is 0. The molecular formula is C27H29NO4. The van der Waals surface area contributed by atoms with Crippen LogP contribution in [0.5, 0.6) is 0 Å². The molecule has 4 rings (SSSR count). The molecule has 0 saturated carbocycles. The van der Waals surface area contributed by atoms with Crippen LogP contribution < -0.4 is 0 Å². The molecule has 0 unspecified atom stereocenters. The van der Waals surface area contributed by atoms with Crippen LogP contribution in [0, 0.1) is 0 Å². The van der Waals surface area contributed by atoms with Gasteiger partial charge in [0.2, 0.25) is 0 Å². The Morgan fingerprint density at radius 2 is 1.28 bits per heavy atom. The average Bonchev–Trinajstić information content (AvgIpc) is 3.26. The van der Waals surface area contributed by atoms with Crippen molar-refractivity contribution >= 4 is 6.09 Å². The van der Waals surface area contributed by atoms with E-state index in [-0.39, 0.29) is 24.8 Å². The molecular weight excluding hydrogens is 402 g/mol. The molecule has 2 atom stereocenters. The molecule has 0 aromatic heterocycles. The SMILES string of the molecule is O=C(OCc1ccccc1)N1C[C@H](OCc2ccccc2)C[C@@H]1COCc1ccccc1. The number of ether oxygens (including phenoxy) is 3. The minimum Gasteiger partial charge on any atom is -0.445 e. The number of carbonyl (C=O) groups is 1. The van der Waals surface area contributed by atoms with Gasteiger partial charge in [0.15, 0.2) is 0 Å². The average molecular weight is 432 g/mol. The van der Waals surface area contributed by atoms with Gasteiger partial charge in [-0.1, -0.05) is 91.0 Å². The number of hydrogen-bond donors (Lipinski definition) is 0. The van der Waals surface area contributed by atoms with Gasteiger partial charge in [0.25, 0.3) is 0 Å². The Bertz CT molecular complexity index is 949. The van der Waals surface area contributed by atoms with Crippen molar-refractivity contribution < 1.29 is 19.0 Å². The van der Waals surface area contributed by atoms with Crippen LogP contribution in [-0.2, 0) is 34.0 Å². The summed E-state index contributed by atoms with van der Waals surface area (Å²) in [6.45, 7) is 2.24. The van der Waals surface area contributed by atoms with Crippen molar-refractivity contribution in [3.63, 3.8) is 0 Å². The lowest BCUT2D eigenvalue weighted by atomic mass is 10.2. The fraction of sp³-hybridized carbons (Fsp3) is 0.296. The Labute approximate surface area is 189 Å². The molecule has 0 N–H and O–H groups in total. The number of likely N-dealkylation sites (tertiary alicyclic amines) is 1. The van der Waals surface area contributed by atoms with Crippen LogP contribution in [-0.4, -0.2) is 36.3 Å². The zero-order valence-corrected chi connectivity index (χ0v) is 18.1. The van der Waals surface area contributed by atoms with E-state index < -0.39 is 0 Å². The highest BCUT2D eigenvalue weighted by Gasteiger charge is 2.37. The fourth-order valence-corrected chi connectivity index (χ4v) is 3.85. The van der Waals surface area contributed by atoms with Gasteiger partial charge in [-0.05, 0) is 23.1 Å². The summed E-state index contributed by atoms with van der Waals surface area (Å²) in [5, 5.41) is 0. The zero-order chi connectivity index (χ0) is 22.0. The van der Waals surface area contributed by atoms with Crippen LogP contribution in [0.4, 0.5) is 4.79 Å². The van der Waals surface area contributed by atoms with Crippen molar-refractivity contribution in [2.45, 2.75) is 38.4 Å². The highest BCUT2D eigenvalue weighted by atomic mass is 16.6. The van der Waals surface area contributed by atoms with Crippen LogP contribution in [0.2, 0.25) is 0 Å². The Morgan fingerprint density at radius 1 is 0.750 bits per heavy atom. The summed E-state index contributed by atoms with van der Waals surface area (Å²) >= 11 is 0. The van der Waals surface area contributed by atoms with Crippen molar-refractivity contribution in [3.8, 4) is 0 Å². The van der Waals surface area contributed by atoms with Gasteiger partial charge in [0.1, 0.15) is 6.61 Å². The third-order valence-corrected chi connectivity index (χ3v) is 5.57. The van der Waals surface area contributed by atoms with E-state index in [1.54, 1.807) is 4.90 Å². The van der Waals surface area contributed by atoms with E-state index in [9.17, 15) is 4.79 Å². The molecule has 1 amide bonds. The second kappa shape index (κ2) is 11.5. The van der Waals surface area contributed by atoms with E-state index >= 15 is 0 Å². The summed E-state index contributed by atoms with van der Waals surface area (Å²) in [4.78, 5) is 14.6. The molecule has 1 saturated heterocycles. The number of benzene rings is 3. The third kappa shape index (κ3) is 6.42. The third-order valence-electron chi connectivity index (χ3n) is 5.57. The predicted octanol–water partition coefficient (Wildman–Crippen LogP) is 5.20. The number of amides is 1. The quantitative estimate of drug-likeness (QED) is 0.467. The van der Waals surface area contributed by atoms with Crippen molar-refractivity contribution in [2.24, 2.45) is 0 Å². The maximum Gasteiger partial charge on any atom is 0.410 e. The summed E-state index contributed by atoms with van der Waals surface area (Å²) in [5.74, 6) is 0. The molecule has 0 aliphatic carbocycles. The highest BCUT2D eigenvalue weighted by Crippen LogP contribution is 2.23. The molecule has 0 bridgehead atoms. The lowest BCUT2D eigenvalue weighted by molar-refractivity contribution is 0.0424. The summed E-state index contributed by atoms with van der Waals surface area (Å²) in [6, 6.07) is 29.8.